The smallest absolute Gasteiger partial charge is 0.322 e. The molecule has 2 aromatic rings. The van der Waals surface area contributed by atoms with Gasteiger partial charge in [0.25, 0.3) is 5.91 Å². The van der Waals surface area contributed by atoms with E-state index < -0.39 is 18.4 Å². The van der Waals surface area contributed by atoms with Crippen LogP contribution in [0.15, 0.2) is 12.4 Å². The monoisotopic (exact) mass is 306 g/mol. The minimum absolute atomic E-state index is 0.0433. The van der Waals surface area contributed by atoms with E-state index in [2.05, 4.69) is 15.4 Å². The first kappa shape index (κ1) is 15.7. The molecule has 0 aliphatic rings. The highest BCUT2D eigenvalue weighted by Gasteiger charge is 2.22. The van der Waals surface area contributed by atoms with Crippen molar-refractivity contribution in [2.24, 2.45) is 5.41 Å². The van der Waals surface area contributed by atoms with Crippen molar-refractivity contribution < 1.29 is 19.8 Å². The fraction of sp³-hybridized carbons (Fsp3) is 0.429. The zero-order chi connectivity index (χ0) is 16.5. The summed E-state index contributed by atoms with van der Waals surface area (Å²) in [7, 11) is 0. The van der Waals surface area contributed by atoms with Gasteiger partial charge in [0.15, 0.2) is 5.65 Å². The quantitative estimate of drug-likeness (QED) is 0.770. The normalized spacial score (nSPS) is 11.6. The summed E-state index contributed by atoms with van der Waals surface area (Å²) in [5, 5.41) is 25.1. The van der Waals surface area contributed by atoms with Gasteiger partial charge in [-0.25, -0.2) is 9.50 Å². The highest BCUT2D eigenvalue weighted by molar-refractivity contribution is 6.03. The highest BCUT2D eigenvalue weighted by atomic mass is 16.4. The van der Waals surface area contributed by atoms with E-state index in [0.29, 0.717) is 12.1 Å². The summed E-state index contributed by atoms with van der Waals surface area (Å²) in [4.78, 5) is 26.6. The van der Waals surface area contributed by atoms with Crippen molar-refractivity contribution in [3.8, 4) is 5.75 Å². The number of carbonyl (C=O) groups excluding carboxylic acids is 1. The largest absolute Gasteiger partial charge is 0.507 e. The third-order valence-corrected chi connectivity index (χ3v) is 2.94. The minimum Gasteiger partial charge on any atom is -0.507 e. The Morgan fingerprint density at radius 2 is 2.05 bits per heavy atom. The van der Waals surface area contributed by atoms with Crippen molar-refractivity contribution in [1.29, 1.82) is 0 Å². The number of rotatable bonds is 4. The zero-order valence-electron chi connectivity index (χ0n) is 12.6. The number of hydrogen-bond acceptors (Lipinski definition) is 5. The molecule has 0 saturated carbocycles. The Hall–Kier alpha value is -2.64. The van der Waals surface area contributed by atoms with E-state index in [4.69, 9.17) is 5.11 Å². The number of fused-ring (bicyclic) bond motifs is 1. The molecule has 0 saturated heterocycles. The summed E-state index contributed by atoms with van der Waals surface area (Å²) >= 11 is 0. The minimum atomic E-state index is -1.17. The molecule has 1 amide bonds. The summed E-state index contributed by atoms with van der Waals surface area (Å²) in [5.41, 5.74) is 0.782. The molecule has 0 radical (unpaired) electrons. The molecule has 0 unspecified atom stereocenters. The Morgan fingerprint density at radius 3 is 2.64 bits per heavy atom. The number of nitrogens with one attached hydrogen (secondary N) is 1. The third kappa shape index (κ3) is 3.33. The van der Waals surface area contributed by atoms with Crippen LogP contribution in [0, 0.1) is 5.41 Å². The summed E-state index contributed by atoms with van der Waals surface area (Å²) in [5.74, 6) is -2.13. The Morgan fingerprint density at radius 1 is 1.36 bits per heavy atom. The maximum absolute atomic E-state index is 12.1. The van der Waals surface area contributed by atoms with Crippen LogP contribution in [0.3, 0.4) is 0 Å². The van der Waals surface area contributed by atoms with E-state index in [1.54, 1.807) is 0 Å². The average molecular weight is 306 g/mol. The SMILES string of the molecule is CC(C)(C)Cc1cc(O)c(C(=O)NCC(=O)O)c2ncnn12. The second-order valence-corrected chi connectivity index (χ2v) is 6.21. The predicted molar refractivity (Wildman–Crippen MR) is 77.8 cm³/mol. The molecule has 118 valence electrons. The summed E-state index contributed by atoms with van der Waals surface area (Å²) in [6, 6.07) is 1.46. The number of aromatic nitrogens is 3. The fourth-order valence-electron chi connectivity index (χ4n) is 2.16. The Balaban J connectivity index is 2.47. The van der Waals surface area contributed by atoms with Crippen LogP contribution in [0.5, 0.6) is 5.75 Å². The predicted octanol–water partition coefficient (Wildman–Crippen LogP) is 0.838. The molecule has 0 bridgehead atoms. The van der Waals surface area contributed by atoms with Crippen molar-refractivity contribution in [3.63, 3.8) is 0 Å². The lowest BCUT2D eigenvalue weighted by Gasteiger charge is -2.19. The van der Waals surface area contributed by atoms with Crippen LogP contribution in [0.4, 0.5) is 0 Å². The number of carboxylic acids is 1. The van der Waals surface area contributed by atoms with Gasteiger partial charge in [0.05, 0.1) is 0 Å². The molecule has 0 aromatic carbocycles. The van der Waals surface area contributed by atoms with Gasteiger partial charge in [0, 0.05) is 11.8 Å². The van der Waals surface area contributed by atoms with E-state index in [1.807, 2.05) is 20.8 Å². The Labute approximate surface area is 126 Å². The van der Waals surface area contributed by atoms with Crippen molar-refractivity contribution in [1.82, 2.24) is 19.9 Å². The number of amides is 1. The molecule has 2 aromatic heterocycles. The molecule has 22 heavy (non-hydrogen) atoms. The maximum atomic E-state index is 12.1. The Kier molecular flexibility index (Phi) is 4.03. The van der Waals surface area contributed by atoms with Gasteiger partial charge in [-0.3, -0.25) is 9.59 Å². The van der Waals surface area contributed by atoms with Crippen LogP contribution in [0.1, 0.15) is 36.8 Å². The van der Waals surface area contributed by atoms with Crippen LogP contribution in [-0.4, -0.2) is 43.2 Å². The summed E-state index contributed by atoms with van der Waals surface area (Å²) in [6.07, 6.45) is 1.91. The zero-order valence-corrected chi connectivity index (χ0v) is 12.6. The van der Waals surface area contributed by atoms with Crippen LogP contribution in [0.2, 0.25) is 0 Å². The van der Waals surface area contributed by atoms with E-state index in [-0.39, 0.29) is 22.4 Å². The maximum Gasteiger partial charge on any atom is 0.322 e. The first-order valence-electron chi connectivity index (χ1n) is 6.73. The molecule has 8 heteroatoms. The molecule has 2 heterocycles. The van der Waals surface area contributed by atoms with E-state index >= 15 is 0 Å². The van der Waals surface area contributed by atoms with Gasteiger partial charge < -0.3 is 15.5 Å². The number of aromatic hydroxyl groups is 1. The first-order chi connectivity index (χ1) is 10.2. The van der Waals surface area contributed by atoms with Gasteiger partial charge in [-0.2, -0.15) is 5.10 Å². The molecule has 2 rings (SSSR count). The third-order valence-electron chi connectivity index (χ3n) is 2.94. The van der Waals surface area contributed by atoms with Crippen LogP contribution in [-0.2, 0) is 11.2 Å². The van der Waals surface area contributed by atoms with Crippen LogP contribution < -0.4 is 5.32 Å². The second kappa shape index (κ2) is 5.63. The van der Waals surface area contributed by atoms with E-state index in [1.165, 1.54) is 16.9 Å². The number of pyridine rings is 1. The molecule has 8 nitrogen and oxygen atoms in total. The van der Waals surface area contributed by atoms with Crippen LogP contribution >= 0.6 is 0 Å². The number of nitrogens with zero attached hydrogens (tertiary/aromatic N) is 3. The number of aliphatic carboxylic acids is 1. The molecule has 0 spiro atoms. The molecular weight excluding hydrogens is 288 g/mol. The highest BCUT2D eigenvalue weighted by Crippen LogP contribution is 2.27. The standard InChI is InChI=1S/C14H18N4O4/c1-14(2,3)5-8-4-9(19)11(12-16-7-17-18(8)12)13(22)15-6-10(20)21/h4,7,19H,5-6H2,1-3H3,(H,15,22)(H,20,21). The summed E-state index contributed by atoms with van der Waals surface area (Å²) in [6.45, 7) is 5.59. The van der Waals surface area contributed by atoms with E-state index in [0.717, 1.165) is 0 Å². The van der Waals surface area contributed by atoms with Crippen molar-refractivity contribution in [3.05, 3.63) is 23.7 Å². The molecular formula is C14H18N4O4. The molecule has 0 fully saturated rings. The van der Waals surface area contributed by atoms with E-state index in [9.17, 15) is 14.7 Å². The van der Waals surface area contributed by atoms with Crippen molar-refractivity contribution in [2.45, 2.75) is 27.2 Å². The topological polar surface area (TPSA) is 117 Å². The fourth-order valence-corrected chi connectivity index (χ4v) is 2.16. The van der Waals surface area contributed by atoms with Crippen molar-refractivity contribution >= 4 is 17.5 Å². The van der Waals surface area contributed by atoms with Gasteiger partial charge in [0.2, 0.25) is 0 Å². The Bertz CT molecular complexity index is 730. The molecule has 0 aliphatic carbocycles. The first-order valence-corrected chi connectivity index (χ1v) is 6.73. The molecule has 0 aliphatic heterocycles. The van der Waals surface area contributed by atoms with Crippen molar-refractivity contribution in [2.75, 3.05) is 6.54 Å². The number of carboxylic acid groups (broad SMARTS) is 1. The lowest BCUT2D eigenvalue weighted by atomic mass is 9.90. The number of carbonyl (C=O) groups is 2. The summed E-state index contributed by atoms with van der Waals surface area (Å²) < 4.78 is 1.49. The average Bonchev–Trinajstić information content (AvgIpc) is 2.83. The van der Waals surface area contributed by atoms with Gasteiger partial charge in [-0.05, 0) is 11.8 Å². The van der Waals surface area contributed by atoms with Gasteiger partial charge >= 0.3 is 5.97 Å². The molecule has 0 atom stereocenters. The molecule has 3 N–H and O–H groups in total. The van der Waals surface area contributed by atoms with Gasteiger partial charge in [-0.15, -0.1) is 0 Å². The van der Waals surface area contributed by atoms with Gasteiger partial charge in [-0.1, -0.05) is 20.8 Å². The lowest BCUT2D eigenvalue weighted by Crippen LogP contribution is -2.30. The lowest BCUT2D eigenvalue weighted by molar-refractivity contribution is -0.135. The second-order valence-electron chi connectivity index (χ2n) is 6.21. The van der Waals surface area contributed by atoms with Crippen LogP contribution in [0.25, 0.3) is 5.65 Å². The van der Waals surface area contributed by atoms with Gasteiger partial charge in [0.1, 0.15) is 24.2 Å². The number of hydrogen-bond donors (Lipinski definition) is 3.